The Bertz CT molecular complexity index is 278. The van der Waals surface area contributed by atoms with Crippen molar-refractivity contribution in [1.82, 2.24) is 4.98 Å². The highest BCUT2D eigenvalue weighted by molar-refractivity contribution is 9.10. The minimum Gasteiger partial charge on any atom is -0.477 e. The Morgan fingerprint density at radius 3 is 3.00 bits per heavy atom. The number of pyridine rings is 1. The van der Waals surface area contributed by atoms with Crippen LogP contribution in [0, 0.1) is 6.92 Å². The molecular weight excluding hydrogens is 234 g/mol. The highest BCUT2D eigenvalue weighted by Crippen LogP contribution is 2.22. The molecule has 1 N–H and O–H groups in total. The average molecular weight is 246 g/mol. The summed E-state index contributed by atoms with van der Waals surface area (Å²) in [6.07, 6.45) is 2.38. The number of aliphatic hydroxyl groups is 1. The fourth-order valence-corrected chi connectivity index (χ4v) is 1.44. The lowest BCUT2D eigenvalue weighted by atomic mass is 10.3. The van der Waals surface area contributed by atoms with Crippen molar-refractivity contribution >= 4 is 15.9 Å². The molecule has 1 rings (SSSR count). The summed E-state index contributed by atoms with van der Waals surface area (Å²) >= 11 is 3.35. The summed E-state index contributed by atoms with van der Waals surface area (Å²) in [6.45, 7) is 2.60. The van der Waals surface area contributed by atoms with Gasteiger partial charge < -0.3 is 9.84 Å². The van der Waals surface area contributed by atoms with Crippen LogP contribution in [0.15, 0.2) is 16.7 Å². The van der Waals surface area contributed by atoms with Gasteiger partial charge in [-0.25, -0.2) is 4.98 Å². The van der Waals surface area contributed by atoms with Crippen LogP contribution in [0.2, 0.25) is 0 Å². The van der Waals surface area contributed by atoms with Crippen LogP contribution in [-0.2, 0) is 0 Å². The third-order valence-corrected chi connectivity index (χ3v) is 2.05. The van der Waals surface area contributed by atoms with E-state index in [4.69, 9.17) is 9.84 Å². The maximum Gasteiger partial charge on any atom is 0.227 e. The number of nitrogens with zero attached hydrogens (tertiary/aromatic N) is 1. The monoisotopic (exact) mass is 245 g/mol. The predicted octanol–water partition coefficient (Wildman–Crippen LogP) is 1.91. The third-order valence-electron chi connectivity index (χ3n) is 1.49. The molecule has 0 amide bonds. The second-order valence-electron chi connectivity index (χ2n) is 2.73. The van der Waals surface area contributed by atoms with Gasteiger partial charge in [0.05, 0.1) is 11.1 Å². The van der Waals surface area contributed by atoms with Crippen molar-refractivity contribution in [3.63, 3.8) is 0 Å². The Kier molecular flexibility index (Phi) is 4.18. The van der Waals surface area contributed by atoms with E-state index in [1.54, 1.807) is 6.20 Å². The summed E-state index contributed by atoms with van der Waals surface area (Å²) in [6, 6.07) is 1.95. The maximum absolute atomic E-state index is 8.55. The van der Waals surface area contributed by atoms with Crippen LogP contribution in [0.5, 0.6) is 5.88 Å². The lowest BCUT2D eigenvalue weighted by Gasteiger charge is -2.05. The normalized spacial score (nSPS) is 10.1. The van der Waals surface area contributed by atoms with Gasteiger partial charge in [0.25, 0.3) is 0 Å². The Hall–Kier alpha value is -0.610. The maximum atomic E-state index is 8.55. The molecule has 72 valence electrons. The van der Waals surface area contributed by atoms with Gasteiger partial charge in [0.1, 0.15) is 0 Å². The number of aryl methyl sites for hydroxylation is 1. The van der Waals surface area contributed by atoms with Crippen LogP contribution in [-0.4, -0.2) is 23.3 Å². The molecule has 0 aliphatic heterocycles. The highest BCUT2D eigenvalue weighted by Gasteiger charge is 2.01. The van der Waals surface area contributed by atoms with E-state index >= 15 is 0 Å². The topological polar surface area (TPSA) is 42.4 Å². The standard InChI is InChI=1S/C9H12BrNO2/c1-7-5-8(10)9(11-6-7)13-4-2-3-12/h5-6,12H,2-4H2,1H3. The predicted molar refractivity (Wildman–Crippen MR) is 53.9 cm³/mol. The molecule has 1 heterocycles. The summed E-state index contributed by atoms with van der Waals surface area (Å²) < 4.78 is 6.17. The molecule has 1 aromatic heterocycles. The van der Waals surface area contributed by atoms with E-state index in [1.165, 1.54) is 0 Å². The van der Waals surface area contributed by atoms with Crippen LogP contribution in [0.25, 0.3) is 0 Å². The highest BCUT2D eigenvalue weighted by atomic mass is 79.9. The van der Waals surface area contributed by atoms with Crippen LogP contribution in [0.3, 0.4) is 0 Å². The van der Waals surface area contributed by atoms with E-state index in [1.807, 2.05) is 13.0 Å². The first kappa shape index (κ1) is 10.5. The molecular formula is C9H12BrNO2. The molecule has 0 radical (unpaired) electrons. The second-order valence-corrected chi connectivity index (χ2v) is 3.58. The van der Waals surface area contributed by atoms with Crippen molar-refractivity contribution in [3.8, 4) is 5.88 Å². The fraction of sp³-hybridized carbons (Fsp3) is 0.444. The minimum absolute atomic E-state index is 0.142. The first-order valence-corrected chi connectivity index (χ1v) is 4.89. The first-order chi connectivity index (χ1) is 6.24. The zero-order valence-electron chi connectivity index (χ0n) is 7.46. The van der Waals surface area contributed by atoms with Gasteiger partial charge >= 0.3 is 0 Å². The molecule has 3 nitrogen and oxygen atoms in total. The molecule has 0 aliphatic carbocycles. The smallest absolute Gasteiger partial charge is 0.227 e. The Labute approximate surface area is 85.9 Å². The van der Waals surface area contributed by atoms with E-state index in [0.29, 0.717) is 18.9 Å². The second kappa shape index (κ2) is 5.19. The number of hydrogen-bond donors (Lipinski definition) is 1. The van der Waals surface area contributed by atoms with Gasteiger partial charge in [0, 0.05) is 19.2 Å². The molecule has 13 heavy (non-hydrogen) atoms. The van der Waals surface area contributed by atoms with Gasteiger partial charge in [-0.05, 0) is 34.5 Å². The van der Waals surface area contributed by atoms with Crippen LogP contribution < -0.4 is 4.74 Å². The molecule has 0 saturated carbocycles. The lowest BCUT2D eigenvalue weighted by Crippen LogP contribution is -2.01. The van der Waals surface area contributed by atoms with Crippen molar-refractivity contribution in [2.24, 2.45) is 0 Å². The quantitative estimate of drug-likeness (QED) is 0.825. The van der Waals surface area contributed by atoms with Crippen molar-refractivity contribution < 1.29 is 9.84 Å². The number of rotatable bonds is 4. The van der Waals surface area contributed by atoms with E-state index < -0.39 is 0 Å². The summed E-state index contributed by atoms with van der Waals surface area (Å²) in [4.78, 5) is 4.10. The molecule has 0 aliphatic rings. The zero-order valence-corrected chi connectivity index (χ0v) is 9.04. The van der Waals surface area contributed by atoms with Gasteiger partial charge in [0.2, 0.25) is 5.88 Å². The van der Waals surface area contributed by atoms with Crippen LogP contribution in [0.1, 0.15) is 12.0 Å². The van der Waals surface area contributed by atoms with Gasteiger partial charge in [-0.1, -0.05) is 0 Å². The molecule has 0 saturated heterocycles. The molecule has 0 fully saturated rings. The summed E-state index contributed by atoms with van der Waals surface area (Å²) in [5, 5.41) is 8.55. The zero-order chi connectivity index (χ0) is 9.68. The molecule has 0 aromatic carbocycles. The summed E-state index contributed by atoms with van der Waals surface area (Å²) in [7, 11) is 0. The Morgan fingerprint density at radius 1 is 1.62 bits per heavy atom. The molecule has 0 spiro atoms. The number of hydrogen-bond acceptors (Lipinski definition) is 3. The van der Waals surface area contributed by atoms with Gasteiger partial charge in [-0.3, -0.25) is 0 Å². The third kappa shape index (κ3) is 3.32. The van der Waals surface area contributed by atoms with Gasteiger partial charge in [0.15, 0.2) is 0 Å². The number of halogens is 1. The number of aliphatic hydroxyl groups excluding tert-OH is 1. The number of aromatic nitrogens is 1. The van der Waals surface area contributed by atoms with Crippen molar-refractivity contribution in [3.05, 3.63) is 22.3 Å². The van der Waals surface area contributed by atoms with Crippen molar-refractivity contribution in [2.45, 2.75) is 13.3 Å². The van der Waals surface area contributed by atoms with Gasteiger partial charge in [-0.15, -0.1) is 0 Å². The van der Waals surface area contributed by atoms with Crippen LogP contribution >= 0.6 is 15.9 Å². The molecule has 1 aromatic rings. The van der Waals surface area contributed by atoms with E-state index in [0.717, 1.165) is 10.0 Å². The first-order valence-electron chi connectivity index (χ1n) is 4.10. The molecule has 0 unspecified atom stereocenters. The fourth-order valence-electron chi connectivity index (χ4n) is 0.861. The van der Waals surface area contributed by atoms with E-state index in [9.17, 15) is 0 Å². The molecule has 4 heteroatoms. The summed E-state index contributed by atoms with van der Waals surface area (Å²) in [5.74, 6) is 0.582. The van der Waals surface area contributed by atoms with Gasteiger partial charge in [-0.2, -0.15) is 0 Å². The summed E-state index contributed by atoms with van der Waals surface area (Å²) in [5.41, 5.74) is 1.08. The van der Waals surface area contributed by atoms with E-state index in [2.05, 4.69) is 20.9 Å². The Balaban J connectivity index is 2.56. The van der Waals surface area contributed by atoms with Crippen molar-refractivity contribution in [1.29, 1.82) is 0 Å². The Morgan fingerprint density at radius 2 is 2.38 bits per heavy atom. The largest absolute Gasteiger partial charge is 0.477 e. The molecule has 0 atom stereocenters. The SMILES string of the molecule is Cc1cnc(OCCCO)c(Br)c1. The van der Waals surface area contributed by atoms with Crippen molar-refractivity contribution in [2.75, 3.05) is 13.2 Å². The molecule has 0 bridgehead atoms. The van der Waals surface area contributed by atoms with E-state index in [-0.39, 0.29) is 6.61 Å². The lowest BCUT2D eigenvalue weighted by molar-refractivity contribution is 0.228. The van der Waals surface area contributed by atoms with Crippen LogP contribution in [0.4, 0.5) is 0 Å². The number of ether oxygens (including phenoxy) is 1. The average Bonchev–Trinajstić information content (AvgIpc) is 2.09. The minimum atomic E-state index is 0.142.